The SMILES string of the molecule is CNCC(C)Cc1ccc(F)cc1. The van der Waals surface area contributed by atoms with Crippen LogP contribution < -0.4 is 5.32 Å². The lowest BCUT2D eigenvalue weighted by atomic mass is 10.0. The summed E-state index contributed by atoms with van der Waals surface area (Å²) < 4.78 is 12.6. The minimum atomic E-state index is -0.162. The molecule has 13 heavy (non-hydrogen) atoms. The fourth-order valence-corrected chi connectivity index (χ4v) is 1.44. The Morgan fingerprint density at radius 1 is 1.31 bits per heavy atom. The molecule has 72 valence electrons. The molecule has 1 unspecified atom stereocenters. The first-order valence-electron chi connectivity index (χ1n) is 4.61. The molecule has 1 rings (SSSR count). The minimum absolute atomic E-state index is 0.162. The third-order valence-electron chi connectivity index (χ3n) is 2.05. The molecule has 0 fully saturated rings. The van der Waals surface area contributed by atoms with Crippen molar-refractivity contribution in [3.63, 3.8) is 0 Å². The molecule has 1 N–H and O–H groups in total. The van der Waals surface area contributed by atoms with Crippen LogP contribution in [0.2, 0.25) is 0 Å². The summed E-state index contributed by atoms with van der Waals surface area (Å²) in [5.74, 6) is 0.431. The normalized spacial score (nSPS) is 12.8. The van der Waals surface area contributed by atoms with E-state index in [1.165, 1.54) is 17.7 Å². The molecule has 0 radical (unpaired) electrons. The molecule has 0 aromatic heterocycles. The van der Waals surface area contributed by atoms with Crippen molar-refractivity contribution in [1.29, 1.82) is 0 Å². The summed E-state index contributed by atoms with van der Waals surface area (Å²) >= 11 is 0. The Labute approximate surface area is 79.0 Å². The number of hydrogen-bond acceptors (Lipinski definition) is 1. The fourth-order valence-electron chi connectivity index (χ4n) is 1.44. The van der Waals surface area contributed by atoms with Gasteiger partial charge in [0.25, 0.3) is 0 Å². The zero-order chi connectivity index (χ0) is 9.68. The average Bonchev–Trinajstić information content (AvgIpc) is 2.09. The summed E-state index contributed by atoms with van der Waals surface area (Å²) in [6, 6.07) is 6.73. The van der Waals surface area contributed by atoms with Crippen molar-refractivity contribution in [1.82, 2.24) is 5.32 Å². The molecular weight excluding hydrogens is 165 g/mol. The lowest BCUT2D eigenvalue weighted by molar-refractivity contribution is 0.541. The van der Waals surface area contributed by atoms with Gasteiger partial charge < -0.3 is 5.32 Å². The smallest absolute Gasteiger partial charge is 0.123 e. The standard InChI is InChI=1S/C11H16FN/c1-9(8-13-2)7-10-3-5-11(12)6-4-10/h3-6,9,13H,7-8H2,1-2H3. The van der Waals surface area contributed by atoms with Crippen LogP contribution in [-0.2, 0) is 6.42 Å². The van der Waals surface area contributed by atoms with Gasteiger partial charge in [0.1, 0.15) is 5.82 Å². The molecule has 1 aromatic rings. The van der Waals surface area contributed by atoms with Gasteiger partial charge in [-0.3, -0.25) is 0 Å². The Morgan fingerprint density at radius 3 is 2.46 bits per heavy atom. The summed E-state index contributed by atoms with van der Waals surface area (Å²) in [6.45, 7) is 3.18. The molecule has 0 aliphatic rings. The summed E-state index contributed by atoms with van der Waals surface area (Å²) in [5.41, 5.74) is 1.20. The van der Waals surface area contributed by atoms with Gasteiger partial charge >= 0.3 is 0 Å². The van der Waals surface area contributed by atoms with Crippen LogP contribution in [-0.4, -0.2) is 13.6 Å². The van der Waals surface area contributed by atoms with E-state index in [1.807, 2.05) is 19.2 Å². The number of halogens is 1. The predicted octanol–water partition coefficient (Wildman–Crippen LogP) is 2.22. The van der Waals surface area contributed by atoms with Gasteiger partial charge in [-0.25, -0.2) is 4.39 Å². The van der Waals surface area contributed by atoms with Gasteiger partial charge in [-0.05, 0) is 43.6 Å². The molecule has 2 heteroatoms. The maximum Gasteiger partial charge on any atom is 0.123 e. The second kappa shape index (κ2) is 4.97. The van der Waals surface area contributed by atoms with Crippen LogP contribution in [0.1, 0.15) is 12.5 Å². The first-order valence-corrected chi connectivity index (χ1v) is 4.61. The summed E-state index contributed by atoms with van der Waals surface area (Å²) in [6.07, 6.45) is 1.00. The molecule has 0 amide bonds. The summed E-state index contributed by atoms with van der Waals surface area (Å²) in [4.78, 5) is 0. The highest BCUT2D eigenvalue weighted by Crippen LogP contribution is 2.08. The maximum atomic E-state index is 12.6. The van der Waals surface area contributed by atoms with Crippen molar-refractivity contribution < 1.29 is 4.39 Å². The molecule has 0 bridgehead atoms. The molecule has 1 atom stereocenters. The van der Waals surface area contributed by atoms with E-state index in [4.69, 9.17) is 0 Å². The monoisotopic (exact) mass is 181 g/mol. The lowest BCUT2D eigenvalue weighted by Gasteiger charge is -2.09. The summed E-state index contributed by atoms with van der Waals surface area (Å²) in [5, 5.41) is 3.13. The van der Waals surface area contributed by atoms with Gasteiger partial charge in [0.05, 0.1) is 0 Å². The number of benzene rings is 1. The van der Waals surface area contributed by atoms with E-state index >= 15 is 0 Å². The van der Waals surface area contributed by atoms with E-state index in [0.29, 0.717) is 5.92 Å². The largest absolute Gasteiger partial charge is 0.319 e. The second-order valence-electron chi connectivity index (χ2n) is 3.49. The molecule has 0 saturated carbocycles. The van der Waals surface area contributed by atoms with Crippen molar-refractivity contribution >= 4 is 0 Å². The highest BCUT2D eigenvalue weighted by molar-refractivity contribution is 5.16. The second-order valence-corrected chi connectivity index (χ2v) is 3.49. The molecule has 0 saturated heterocycles. The zero-order valence-corrected chi connectivity index (χ0v) is 8.18. The Kier molecular flexibility index (Phi) is 3.90. The Hall–Kier alpha value is -0.890. The zero-order valence-electron chi connectivity index (χ0n) is 8.18. The van der Waals surface area contributed by atoms with Crippen LogP contribution in [0.3, 0.4) is 0 Å². The summed E-state index contributed by atoms with van der Waals surface area (Å²) in [7, 11) is 1.95. The fraction of sp³-hybridized carbons (Fsp3) is 0.455. The molecule has 0 spiro atoms. The first-order chi connectivity index (χ1) is 6.22. The molecule has 0 heterocycles. The van der Waals surface area contributed by atoms with Crippen LogP contribution in [0, 0.1) is 11.7 Å². The lowest BCUT2D eigenvalue weighted by Crippen LogP contribution is -2.17. The third-order valence-corrected chi connectivity index (χ3v) is 2.05. The van der Waals surface area contributed by atoms with Crippen molar-refractivity contribution in [3.8, 4) is 0 Å². The Bertz CT molecular complexity index is 243. The van der Waals surface area contributed by atoms with E-state index in [9.17, 15) is 4.39 Å². The van der Waals surface area contributed by atoms with E-state index in [-0.39, 0.29) is 5.82 Å². The van der Waals surface area contributed by atoms with Crippen molar-refractivity contribution in [2.75, 3.05) is 13.6 Å². The molecule has 0 aliphatic heterocycles. The first kappa shape index (κ1) is 10.2. The minimum Gasteiger partial charge on any atom is -0.319 e. The van der Waals surface area contributed by atoms with Crippen LogP contribution in [0.25, 0.3) is 0 Å². The van der Waals surface area contributed by atoms with Gasteiger partial charge in [-0.15, -0.1) is 0 Å². The number of rotatable bonds is 4. The topological polar surface area (TPSA) is 12.0 Å². The van der Waals surface area contributed by atoms with Crippen molar-refractivity contribution in [2.45, 2.75) is 13.3 Å². The Morgan fingerprint density at radius 2 is 1.92 bits per heavy atom. The predicted molar refractivity (Wildman–Crippen MR) is 53.2 cm³/mol. The van der Waals surface area contributed by atoms with Gasteiger partial charge in [0, 0.05) is 0 Å². The van der Waals surface area contributed by atoms with Gasteiger partial charge in [-0.1, -0.05) is 19.1 Å². The van der Waals surface area contributed by atoms with Gasteiger partial charge in [0.2, 0.25) is 0 Å². The van der Waals surface area contributed by atoms with Crippen LogP contribution in [0.5, 0.6) is 0 Å². The van der Waals surface area contributed by atoms with E-state index in [0.717, 1.165) is 13.0 Å². The highest BCUT2D eigenvalue weighted by Gasteiger charge is 2.01. The van der Waals surface area contributed by atoms with E-state index in [1.54, 1.807) is 0 Å². The van der Waals surface area contributed by atoms with Crippen LogP contribution in [0.4, 0.5) is 4.39 Å². The molecule has 0 aliphatic carbocycles. The van der Waals surface area contributed by atoms with Gasteiger partial charge in [0.15, 0.2) is 0 Å². The molecule has 1 aromatic carbocycles. The Balaban J connectivity index is 2.49. The van der Waals surface area contributed by atoms with Crippen LogP contribution >= 0.6 is 0 Å². The van der Waals surface area contributed by atoms with Crippen molar-refractivity contribution in [3.05, 3.63) is 35.6 Å². The van der Waals surface area contributed by atoms with E-state index < -0.39 is 0 Å². The van der Waals surface area contributed by atoms with E-state index in [2.05, 4.69) is 12.2 Å². The number of hydrogen-bond donors (Lipinski definition) is 1. The maximum absolute atomic E-state index is 12.6. The average molecular weight is 181 g/mol. The van der Waals surface area contributed by atoms with Crippen molar-refractivity contribution in [2.24, 2.45) is 5.92 Å². The quantitative estimate of drug-likeness (QED) is 0.751. The highest BCUT2D eigenvalue weighted by atomic mass is 19.1. The molecular formula is C11H16FN. The van der Waals surface area contributed by atoms with Gasteiger partial charge in [-0.2, -0.15) is 0 Å². The molecule has 1 nitrogen and oxygen atoms in total. The van der Waals surface area contributed by atoms with Crippen LogP contribution in [0.15, 0.2) is 24.3 Å². The third kappa shape index (κ3) is 3.55. The number of nitrogens with one attached hydrogen (secondary N) is 1.